The van der Waals surface area contributed by atoms with Crippen LogP contribution in [0.5, 0.6) is 0 Å². The van der Waals surface area contributed by atoms with Crippen molar-refractivity contribution in [1.29, 1.82) is 0 Å². The van der Waals surface area contributed by atoms with Gasteiger partial charge in [0.25, 0.3) is 5.69 Å². The molecule has 7 nitrogen and oxygen atoms in total. The zero-order valence-corrected chi connectivity index (χ0v) is 14.2. The van der Waals surface area contributed by atoms with Gasteiger partial charge < -0.3 is 10.0 Å². The number of amides is 1. The Morgan fingerprint density at radius 1 is 1.48 bits per heavy atom. The fourth-order valence-corrected chi connectivity index (χ4v) is 3.39. The van der Waals surface area contributed by atoms with Gasteiger partial charge in [-0.3, -0.25) is 19.7 Å². The number of benzene rings is 1. The van der Waals surface area contributed by atoms with Gasteiger partial charge in [-0.2, -0.15) is 0 Å². The Morgan fingerprint density at radius 3 is 2.74 bits per heavy atom. The zero-order chi connectivity index (χ0) is 17.1. The lowest BCUT2D eigenvalue weighted by Gasteiger charge is -2.37. The number of hydrogen-bond acceptors (Lipinski definition) is 4. The van der Waals surface area contributed by atoms with E-state index in [2.05, 4.69) is 15.9 Å². The molecule has 1 N–H and O–H groups in total. The summed E-state index contributed by atoms with van der Waals surface area (Å²) in [7, 11) is 0. The number of aliphatic carboxylic acids is 1. The van der Waals surface area contributed by atoms with Gasteiger partial charge in [-0.1, -0.05) is 22.0 Å². The molecular weight excluding hydrogens is 368 g/mol. The van der Waals surface area contributed by atoms with Crippen molar-refractivity contribution in [2.24, 2.45) is 5.92 Å². The Kier molecular flexibility index (Phi) is 5.35. The van der Waals surface area contributed by atoms with Gasteiger partial charge in [0.15, 0.2) is 0 Å². The summed E-state index contributed by atoms with van der Waals surface area (Å²) in [6.45, 7) is 2.29. The van der Waals surface area contributed by atoms with Gasteiger partial charge in [-0.15, -0.1) is 0 Å². The van der Waals surface area contributed by atoms with Crippen LogP contribution in [0.1, 0.15) is 25.3 Å². The molecule has 2 rings (SSSR count). The van der Waals surface area contributed by atoms with E-state index in [0.717, 1.165) is 0 Å². The van der Waals surface area contributed by atoms with Gasteiger partial charge in [0.05, 0.1) is 17.3 Å². The van der Waals surface area contributed by atoms with Crippen LogP contribution in [0.2, 0.25) is 0 Å². The number of rotatable bonds is 4. The minimum absolute atomic E-state index is 0.0506. The highest BCUT2D eigenvalue weighted by molar-refractivity contribution is 9.10. The highest BCUT2D eigenvalue weighted by Gasteiger charge is 2.35. The summed E-state index contributed by atoms with van der Waals surface area (Å²) in [6, 6.07) is 3.91. The SMILES string of the molecule is C[C@@H]1[C@H](C(=O)O)CCCN1C(=O)Cc1ccc([N+](=O)[O-])cc1Br. The molecule has 0 unspecified atom stereocenters. The van der Waals surface area contributed by atoms with Crippen LogP contribution in [0.15, 0.2) is 22.7 Å². The van der Waals surface area contributed by atoms with E-state index in [1.165, 1.54) is 12.1 Å². The molecule has 0 spiro atoms. The van der Waals surface area contributed by atoms with E-state index in [-0.39, 0.29) is 24.1 Å². The lowest BCUT2D eigenvalue weighted by Crippen LogP contribution is -2.49. The van der Waals surface area contributed by atoms with E-state index < -0.39 is 16.8 Å². The van der Waals surface area contributed by atoms with Crippen molar-refractivity contribution in [3.63, 3.8) is 0 Å². The minimum atomic E-state index is -0.883. The third-order valence-electron chi connectivity index (χ3n) is 4.21. The number of carboxylic acids is 1. The molecule has 0 aromatic heterocycles. The van der Waals surface area contributed by atoms with E-state index >= 15 is 0 Å². The molecule has 1 amide bonds. The molecule has 0 radical (unpaired) electrons. The average Bonchev–Trinajstić information content (AvgIpc) is 2.48. The summed E-state index contributed by atoms with van der Waals surface area (Å²) in [5, 5.41) is 19.9. The third-order valence-corrected chi connectivity index (χ3v) is 4.95. The van der Waals surface area contributed by atoms with Crippen LogP contribution >= 0.6 is 15.9 Å². The maximum absolute atomic E-state index is 12.5. The van der Waals surface area contributed by atoms with Crippen LogP contribution in [0.25, 0.3) is 0 Å². The molecule has 1 aromatic carbocycles. The monoisotopic (exact) mass is 384 g/mol. The number of non-ortho nitro benzene ring substituents is 1. The van der Waals surface area contributed by atoms with Crippen molar-refractivity contribution in [2.45, 2.75) is 32.2 Å². The lowest BCUT2D eigenvalue weighted by molar-refractivity contribution is -0.384. The molecular formula is C15H17BrN2O5. The Labute approximate surface area is 141 Å². The Hall–Kier alpha value is -1.96. The number of nitrogens with zero attached hydrogens (tertiary/aromatic N) is 2. The van der Waals surface area contributed by atoms with Crippen molar-refractivity contribution in [1.82, 2.24) is 4.90 Å². The average molecular weight is 385 g/mol. The summed E-state index contributed by atoms with van der Waals surface area (Å²) < 4.78 is 0.500. The summed E-state index contributed by atoms with van der Waals surface area (Å²) in [5.74, 6) is -1.60. The van der Waals surface area contributed by atoms with Gasteiger partial charge in [-0.05, 0) is 25.3 Å². The molecule has 8 heteroatoms. The third kappa shape index (κ3) is 3.87. The van der Waals surface area contributed by atoms with Crippen molar-refractivity contribution >= 4 is 33.5 Å². The standard InChI is InChI=1S/C15H17BrN2O5/c1-9-12(15(20)21)3-2-6-17(9)14(19)7-10-4-5-11(18(22)23)8-13(10)16/h4-5,8-9,12H,2-3,6-7H2,1H3,(H,20,21)/t9-,12-/m1/s1. The first-order valence-electron chi connectivity index (χ1n) is 7.26. The number of likely N-dealkylation sites (tertiary alicyclic amines) is 1. The van der Waals surface area contributed by atoms with E-state index in [1.807, 2.05) is 0 Å². The first kappa shape index (κ1) is 17.4. The number of carboxylic acid groups (broad SMARTS) is 1. The van der Waals surface area contributed by atoms with Crippen LogP contribution in [0.3, 0.4) is 0 Å². The molecule has 1 aliphatic heterocycles. The number of piperidine rings is 1. The predicted molar refractivity (Wildman–Crippen MR) is 86.0 cm³/mol. The molecule has 1 heterocycles. The number of hydrogen-bond donors (Lipinski definition) is 1. The second-order valence-corrected chi connectivity index (χ2v) is 6.48. The van der Waals surface area contributed by atoms with E-state index in [1.54, 1.807) is 17.9 Å². The first-order valence-corrected chi connectivity index (χ1v) is 8.05. The summed E-state index contributed by atoms with van der Waals surface area (Å²) in [5.41, 5.74) is 0.593. The molecule has 1 aromatic rings. The molecule has 2 atom stereocenters. The fourth-order valence-electron chi connectivity index (χ4n) is 2.88. The zero-order valence-electron chi connectivity index (χ0n) is 12.6. The molecule has 0 bridgehead atoms. The Bertz CT molecular complexity index is 649. The highest BCUT2D eigenvalue weighted by atomic mass is 79.9. The van der Waals surface area contributed by atoms with E-state index in [9.17, 15) is 24.8 Å². The molecule has 0 saturated carbocycles. The first-order chi connectivity index (χ1) is 10.8. The molecule has 23 heavy (non-hydrogen) atoms. The molecule has 0 aliphatic carbocycles. The van der Waals surface area contributed by atoms with Gasteiger partial charge in [0.1, 0.15) is 0 Å². The Morgan fingerprint density at radius 2 is 2.17 bits per heavy atom. The fraction of sp³-hybridized carbons (Fsp3) is 0.467. The van der Waals surface area contributed by atoms with Gasteiger partial charge in [0, 0.05) is 29.2 Å². The molecule has 124 valence electrons. The normalized spacial score (nSPS) is 21.0. The van der Waals surface area contributed by atoms with Crippen LogP contribution in [-0.4, -0.2) is 39.4 Å². The van der Waals surface area contributed by atoms with Crippen molar-refractivity contribution in [2.75, 3.05) is 6.54 Å². The largest absolute Gasteiger partial charge is 0.481 e. The summed E-state index contributed by atoms with van der Waals surface area (Å²) in [4.78, 5) is 35.6. The van der Waals surface area contributed by atoms with Crippen molar-refractivity contribution < 1.29 is 19.6 Å². The quantitative estimate of drug-likeness (QED) is 0.634. The highest BCUT2D eigenvalue weighted by Crippen LogP contribution is 2.27. The number of halogens is 1. The van der Waals surface area contributed by atoms with Crippen LogP contribution < -0.4 is 0 Å². The predicted octanol–water partition coefficient (Wildman–Crippen LogP) is 2.61. The van der Waals surface area contributed by atoms with Crippen LogP contribution in [0, 0.1) is 16.0 Å². The lowest BCUT2D eigenvalue weighted by atomic mass is 9.90. The Balaban J connectivity index is 2.12. The summed E-state index contributed by atoms with van der Waals surface area (Å²) in [6.07, 6.45) is 1.31. The second kappa shape index (κ2) is 7.08. The number of carbonyl (C=O) groups excluding carboxylic acids is 1. The topological polar surface area (TPSA) is 101 Å². The number of carbonyl (C=O) groups is 2. The smallest absolute Gasteiger partial charge is 0.308 e. The molecule has 1 aliphatic rings. The molecule has 1 saturated heterocycles. The number of nitro groups is 1. The molecule has 1 fully saturated rings. The maximum Gasteiger partial charge on any atom is 0.308 e. The maximum atomic E-state index is 12.5. The van der Waals surface area contributed by atoms with Gasteiger partial charge in [-0.25, -0.2) is 0 Å². The van der Waals surface area contributed by atoms with Crippen LogP contribution in [-0.2, 0) is 16.0 Å². The minimum Gasteiger partial charge on any atom is -0.481 e. The number of nitro benzene ring substituents is 1. The van der Waals surface area contributed by atoms with Crippen LogP contribution in [0.4, 0.5) is 5.69 Å². The summed E-state index contributed by atoms with van der Waals surface area (Å²) >= 11 is 3.25. The second-order valence-electron chi connectivity index (χ2n) is 5.62. The van der Waals surface area contributed by atoms with Gasteiger partial charge in [0.2, 0.25) is 5.91 Å². The van der Waals surface area contributed by atoms with E-state index in [0.29, 0.717) is 29.4 Å². The van der Waals surface area contributed by atoms with E-state index in [4.69, 9.17) is 0 Å². The van der Waals surface area contributed by atoms with Crippen molar-refractivity contribution in [3.05, 3.63) is 38.3 Å². The van der Waals surface area contributed by atoms with Gasteiger partial charge >= 0.3 is 5.97 Å². The van der Waals surface area contributed by atoms with Crippen molar-refractivity contribution in [3.8, 4) is 0 Å².